The molecule has 2 fully saturated rings. The maximum absolute atomic E-state index is 12.1. The number of aromatic nitrogens is 2. The largest absolute Gasteiger partial charge is 0.444 e. The van der Waals surface area contributed by atoms with Gasteiger partial charge in [0.1, 0.15) is 5.60 Å². The number of imidazole rings is 1. The van der Waals surface area contributed by atoms with Crippen molar-refractivity contribution in [3.63, 3.8) is 0 Å². The van der Waals surface area contributed by atoms with E-state index in [9.17, 15) is 9.90 Å². The van der Waals surface area contributed by atoms with Crippen LogP contribution in [0, 0.1) is 11.3 Å². The molecule has 5 rings (SSSR count). The van der Waals surface area contributed by atoms with Gasteiger partial charge in [0, 0.05) is 17.5 Å². The van der Waals surface area contributed by atoms with E-state index in [2.05, 4.69) is 39.1 Å². The lowest BCUT2D eigenvalue weighted by Crippen LogP contribution is -2.58. The number of hydrogen-bond acceptors (Lipinski definition) is 4. The summed E-state index contributed by atoms with van der Waals surface area (Å²) in [5.74, 6) is 0.206. The number of rotatable bonds is 2. The van der Waals surface area contributed by atoms with E-state index in [0.717, 1.165) is 37.8 Å². The summed E-state index contributed by atoms with van der Waals surface area (Å²) < 4.78 is 7.63. The van der Waals surface area contributed by atoms with E-state index >= 15 is 0 Å². The Hall–Kier alpha value is -2.34. The SMILES string of the molecule is CC(C)(C)OC(=O)NC1CCC2(CC1)CC(C1c3ccccc3-c3cncn31)C2O. The molecular formula is C24H31N3O3. The number of fused-ring (bicyclic) bond motifs is 3. The van der Waals surface area contributed by atoms with Gasteiger partial charge < -0.3 is 19.7 Å². The molecule has 2 heterocycles. The zero-order valence-corrected chi connectivity index (χ0v) is 18.0. The van der Waals surface area contributed by atoms with Gasteiger partial charge in [0.15, 0.2) is 0 Å². The molecule has 1 amide bonds. The van der Waals surface area contributed by atoms with Crippen molar-refractivity contribution < 1.29 is 14.6 Å². The van der Waals surface area contributed by atoms with Crippen LogP contribution in [0.1, 0.15) is 64.5 Å². The molecule has 0 saturated heterocycles. The number of hydrogen-bond donors (Lipinski definition) is 2. The van der Waals surface area contributed by atoms with Crippen LogP contribution in [0.25, 0.3) is 11.3 Å². The van der Waals surface area contributed by atoms with E-state index in [4.69, 9.17) is 4.74 Å². The first kappa shape index (κ1) is 19.6. The average Bonchev–Trinajstić information content (AvgIpc) is 3.27. The highest BCUT2D eigenvalue weighted by molar-refractivity contribution is 5.69. The Bertz CT molecular complexity index is 953. The van der Waals surface area contributed by atoms with E-state index in [1.54, 1.807) is 0 Å². The summed E-state index contributed by atoms with van der Waals surface area (Å²) in [6.45, 7) is 5.63. The zero-order chi connectivity index (χ0) is 21.1. The van der Waals surface area contributed by atoms with Crippen LogP contribution in [0.15, 0.2) is 36.8 Å². The van der Waals surface area contributed by atoms with Crippen LogP contribution in [0.5, 0.6) is 0 Å². The van der Waals surface area contributed by atoms with Gasteiger partial charge in [-0.3, -0.25) is 0 Å². The number of amides is 1. The molecule has 6 heteroatoms. The van der Waals surface area contributed by atoms with Crippen molar-refractivity contribution in [1.82, 2.24) is 14.9 Å². The van der Waals surface area contributed by atoms with Crippen molar-refractivity contribution in [2.24, 2.45) is 11.3 Å². The first-order chi connectivity index (χ1) is 14.3. The molecule has 2 N–H and O–H groups in total. The zero-order valence-electron chi connectivity index (χ0n) is 18.0. The minimum Gasteiger partial charge on any atom is -0.444 e. The second-order valence-electron chi connectivity index (χ2n) is 10.3. The summed E-state index contributed by atoms with van der Waals surface area (Å²) >= 11 is 0. The van der Waals surface area contributed by atoms with Crippen molar-refractivity contribution in [3.05, 3.63) is 42.4 Å². The predicted octanol–water partition coefficient (Wildman–Crippen LogP) is 4.29. The van der Waals surface area contributed by atoms with Crippen molar-refractivity contribution in [3.8, 4) is 11.3 Å². The number of aliphatic hydroxyl groups is 1. The van der Waals surface area contributed by atoms with Gasteiger partial charge in [0.2, 0.25) is 0 Å². The number of ether oxygens (including phenoxy) is 1. The Morgan fingerprint density at radius 3 is 2.70 bits per heavy atom. The van der Waals surface area contributed by atoms with Crippen LogP contribution in [-0.2, 0) is 4.74 Å². The quantitative estimate of drug-likeness (QED) is 0.776. The summed E-state index contributed by atoms with van der Waals surface area (Å²) in [5.41, 5.74) is 3.18. The standard InChI is InChI=1S/C24H31N3O3/c1-23(2,3)30-22(29)26-15-8-10-24(11-9-15)12-18(21(24)28)20-17-7-5-4-6-16(17)19-13-25-14-27(19)20/h4-7,13-15,18,20-21,28H,8-12H2,1-3H3,(H,26,29). The van der Waals surface area contributed by atoms with E-state index in [1.165, 1.54) is 11.1 Å². The molecular weight excluding hydrogens is 378 g/mol. The number of nitrogens with one attached hydrogen (secondary N) is 1. The van der Waals surface area contributed by atoms with Crippen molar-refractivity contribution in [1.29, 1.82) is 0 Å². The fraction of sp³-hybridized carbons (Fsp3) is 0.583. The highest BCUT2D eigenvalue weighted by Crippen LogP contribution is 2.60. The van der Waals surface area contributed by atoms with Gasteiger partial charge in [-0.25, -0.2) is 9.78 Å². The molecule has 3 unspecified atom stereocenters. The third-order valence-corrected chi connectivity index (χ3v) is 7.30. The monoisotopic (exact) mass is 409 g/mol. The lowest BCUT2D eigenvalue weighted by molar-refractivity contribution is -0.152. The first-order valence-electron chi connectivity index (χ1n) is 11.1. The molecule has 1 aliphatic heterocycles. The molecule has 2 aliphatic carbocycles. The molecule has 1 spiro atoms. The van der Waals surface area contributed by atoms with Crippen LogP contribution in [0.4, 0.5) is 4.79 Å². The maximum atomic E-state index is 12.1. The van der Waals surface area contributed by atoms with Crippen molar-refractivity contribution in [2.75, 3.05) is 0 Å². The third-order valence-electron chi connectivity index (χ3n) is 7.30. The van der Waals surface area contributed by atoms with Gasteiger partial charge in [-0.05, 0) is 63.9 Å². The number of alkyl carbamates (subject to hydrolysis) is 1. The van der Waals surface area contributed by atoms with Gasteiger partial charge in [0.05, 0.1) is 30.4 Å². The molecule has 30 heavy (non-hydrogen) atoms. The average molecular weight is 410 g/mol. The molecule has 0 bridgehead atoms. The van der Waals surface area contributed by atoms with Crippen LogP contribution in [0.2, 0.25) is 0 Å². The summed E-state index contributed by atoms with van der Waals surface area (Å²) in [6.07, 6.45) is 7.83. The smallest absolute Gasteiger partial charge is 0.407 e. The second-order valence-corrected chi connectivity index (χ2v) is 10.3. The Morgan fingerprint density at radius 1 is 1.27 bits per heavy atom. The highest BCUT2D eigenvalue weighted by Gasteiger charge is 2.57. The molecule has 3 atom stereocenters. The van der Waals surface area contributed by atoms with Crippen LogP contribution in [0.3, 0.4) is 0 Å². The second kappa shape index (κ2) is 6.84. The highest BCUT2D eigenvalue weighted by atomic mass is 16.6. The molecule has 6 nitrogen and oxygen atoms in total. The van der Waals surface area contributed by atoms with Gasteiger partial charge in [-0.2, -0.15) is 0 Å². The topological polar surface area (TPSA) is 76.4 Å². The van der Waals surface area contributed by atoms with Gasteiger partial charge >= 0.3 is 6.09 Å². The number of carbonyl (C=O) groups is 1. The van der Waals surface area contributed by atoms with Crippen LogP contribution < -0.4 is 5.32 Å². The fourth-order valence-corrected chi connectivity index (χ4v) is 5.90. The Kier molecular flexibility index (Phi) is 4.47. The lowest BCUT2D eigenvalue weighted by atomic mass is 9.51. The summed E-state index contributed by atoms with van der Waals surface area (Å²) in [6, 6.07) is 8.78. The number of carbonyl (C=O) groups excluding carboxylic acids is 1. The lowest BCUT2D eigenvalue weighted by Gasteiger charge is -2.57. The summed E-state index contributed by atoms with van der Waals surface area (Å²) in [4.78, 5) is 16.4. The van der Waals surface area contributed by atoms with Crippen LogP contribution >= 0.6 is 0 Å². The molecule has 3 aliphatic rings. The predicted molar refractivity (Wildman–Crippen MR) is 114 cm³/mol. The summed E-state index contributed by atoms with van der Waals surface area (Å²) in [5, 5.41) is 14.3. The first-order valence-corrected chi connectivity index (χ1v) is 11.1. The molecule has 0 radical (unpaired) electrons. The number of nitrogens with zero attached hydrogens (tertiary/aromatic N) is 2. The Labute approximate surface area is 177 Å². The molecule has 160 valence electrons. The minimum atomic E-state index is -0.485. The normalized spacial score (nSPS) is 32.3. The number of benzene rings is 1. The maximum Gasteiger partial charge on any atom is 0.407 e. The molecule has 1 aromatic heterocycles. The van der Waals surface area contributed by atoms with Crippen LogP contribution in [-0.4, -0.2) is 38.5 Å². The van der Waals surface area contributed by atoms with E-state index in [1.807, 2.05) is 33.3 Å². The Balaban J connectivity index is 1.24. The van der Waals surface area contributed by atoms with E-state index in [-0.39, 0.29) is 35.6 Å². The molecule has 1 aromatic carbocycles. The van der Waals surface area contributed by atoms with Gasteiger partial charge in [-0.15, -0.1) is 0 Å². The van der Waals surface area contributed by atoms with Crippen molar-refractivity contribution >= 4 is 6.09 Å². The third kappa shape index (κ3) is 3.13. The van der Waals surface area contributed by atoms with E-state index < -0.39 is 5.60 Å². The fourth-order valence-electron chi connectivity index (χ4n) is 5.90. The summed E-state index contributed by atoms with van der Waals surface area (Å²) in [7, 11) is 0. The number of aliphatic hydroxyl groups excluding tert-OH is 1. The Morgan fingerprint density at radius 2 is 2.00 bits per heavy atom. The van der Waals surface area contributed by atoms with Gasteiger partial charge in [-0.1, -0.05) is 24.3 Å². The molecule has 2 aromatic rings. The molecule has 2 saturated carbocycles. The minimum absolute atomic E-state index is 0.0188. The van der Waals surface area contributed by atoms with E-state index in [0.29, 0.717) is 0 Å². The van der Waals surface area contributed by atoms with Gasteiger partial charge in [0.25, 0.3) is 0 Å². The van der Waals surface area contributed by atoms with Crippen molar-refractivity contribution in [2.45, 2.75) is 76.7 Å².